The van der Waals surface area contributed by atoms with E-state index in [1.54, 1.807) is 7.11 Å². The first kappa shape index (κ1) is 10.8. The first-order chi connectivity index (χ1) is 6.69. The van der Waals surface area contributed by atoms with Gasteiger partial charge in [0.15, 0.2) is 0 Å². The number of hydrogen-bond acceptors (Lipinski definition) is 2. The molecule has 76 valence electrons. The van der Waals surface area contributed by atoms with Crippen LogP contribution in [0.5, 0.6) is 5.75 Å². The van der Waals surface area contributed by atoms with Crippen molar-refractivity contribution in [2.24, 2.45) is 0 Å². The molecule has 0 bridgehead atoms. The van der Waals surface area contributed by atoms with Crippen molar-refractivity contribution >= 4 is 6.29 Å². The van der Waals surface area contributed by atoms with Gasteiger partial charge in [0.2, 0.25) is 0 Å². The van der Waals surface area contributed by atoms with Crippen LogP contribution in [0.1, 0.15) is 30.4 Å². The van der Waals surface area contributed by atoms with Crippen molar-refractivity contribution in [2.75, 3.05) is 7.11 Å². The smallest absolute Gasteiger partial charge is 0.122 e. The van der Waals surface area contributed by atoms with Crippen molar-refractivity contribution in [3.8, 4) is 5.75 Å². The summed E-state index contributed by atoms with van der Waals surface area (Å²) in [5, 5.41) is 0. The average molecular weight is 192 g/mol. The number of ether oxygens (including phenoxy) is 1. The van der Waals surface area contributed by atoms with Crippen molar-refractivity contribution in [1.82, 2.24) is 0 Å². The van der Waals surface area contributed by atoms with Gasteiger partial charge in [-0.15, -0.1) is 0 Å². The van der Waals surface area contributed by atoms with Gasteiger partial charge in [0.1, 0.15) is 12.0 Å². The Balaban J connectivity index is 3.02. The van der Waals surface area contributed by atoms with Crippen LogP contribution in [0.15, 0.2) is 18.2 Å². The van der Waals surface area contributed by atoms with Crippen LogP contribution < -0.4 is 4.74 Å². The van der Waals surface area contributed by atoms with Crippen LogP contribution in [0, 0.1) is 6.92 Å². The molecule has 0 aliphatic carbocycles. The van der Waals surface area contributed by atoms with Crippen LogP contribution in [0.25, 0.3) is 0 Å². The van der Waals surface area contributed by atoms with Crippen LogP contribution >= 0.6 is 0 Å². The minimum atomic E-state index is 0.224. The third-order valence-electron chi connectivity index (χ3n) is 2.37. The summed E-state index contributed by atoms with van der Waals surface area (Å²) >= 11 is 0. The van der Waals surface area contributed by atoms with Crippen LogP contribution in [-0.2, 0) is 4.79 Å². The van der Waals surface area contributed by atoms with E-state index in [-0.39, 0.29) is 5.92 Å². The second-order valence-electron chi connectivity index (χ2n) is 3.55. The van der Waals surface area contributed by atoms with Crippen molar-refractivity contribution in [1.29, 1.82) is 0 Å². The van der Waals surface area contributed by atoms with Gasteiger partial charge < -0.3 is 9.53 Å². The lowest BCUT2D eigenvalue weighted by Crippen LogP contribution is -1.98. The van der Waals surface area contributed by atoms with Gasteiger partial charge in [0.05, 0.1) is 7.11 Å². The summed E-state index contributed by atoms with van der Waals surface area (Å²) in [5.41, 5.74) is 2.30. The Morgan fingerprint density at radius 3 is 2.79 bits per heavy atom. The Kier molecular flexibility index (Phi) is 3.69. The topological polar surface area (TPSA) is 26.3 Å². The highest BCUT2D eigenvalue weighted by Gasteiger charge is 2.10. The van der Waals surface area contributed by atoms with E-state index in [1.807, 2.05) is 26.0 Å². The number of carbonyl (C=O) groups is 1. The van der Waals surface area contributed by atoms with E-state index in [2.05, 4.69) is 6.07 Å². The summed E-state index contributed by atoms with van der Waals surface area (Å²) in [6.07, 6.45) is 1.49. The van der Waals surface area contributed by atoms with E-state index in [4.69, 9.17) is 4.74 Å². The third kappa shape index (κ3) is 2.34. The van der Waals surface area contributed by atoms with Gasteiger partial charge in [0.25, 0.3) is 0 Å². The van der Waals surface area contributed by atoms with E-state index in [9.17, 15) is 4.79 Å². The second-order valence-corrected chi connectivity index (χ2v) is 3.55. The molecule has 0 heterocycles. The van der Waals surface area contributed by atoms with Gasteiger partial charge in [0, 0.05) is 6.42 Å². The molecule has 0 radical (unpaired) electrons. The largest absolute Gasteiger partial charge is 0.496 e. The lowest BCUT2D eigenvalue weighted by atomic mass is 9.96. The van der Waals surface area contributed by atoms with Crippen LogP contribution in [0.4, 0.5) is 0 Å². The van der Waals surface area contributed by atoms with Crippen LogP contribution in [0.3, 0.4) is 0 Å². The normalized spacial score (nSPS) is 12.2. The summed E-state index contributed by atoms with van der Waals surface area (Å²) < 4.78 is 5.25. The zero-order chi connectivity index (χ0) is 10.6. The standard InChI is InChI=1S/C12H16O2/c1-9-4-5-12(14-3)11(8-9)10(2)6-7-13/h4-5,7-8,10H,6H2,1-3H3. The van der Waals surface area contributed by atoms with Gasteiger partial charge in [-0.1, -0.05) is 24.6 Å². The zero-order valence-electron chi connectivity index (χ0n) is 8.91. The third-order valence-corrected chi connectivity index (χ3v) is 2.37. The van der Waals surface area contributed by atoms with E-state index in [1.165, 1.54) is 5.56 Å². The quantitative estimate of drug-likeness (QED) is 0.685. The molecule has 0 saturated heterocycles. The molecule has 1 atom stereocenters. The van der Waals surface area contributed by atoms with E-state index < -0.39 is 0 Å². The summed E-state index contributed by atoms with van der Waals surface area (Å²) in [7, 11) is 1.65. The molecule has 0 aliphatic rings. The molecule has 0 aromatic heterocycles. The Labute approximate surface area is 84.9 Å². The number of aryl methyl sites for hydroxylation is 1. The van der Waals surface area contributed by atoms with Gasteiger partial charge in [-0.05, 0) is 24.5 Å². The Morgan fingerprint density at radius 1 is 1.50 bits per heavy atom. The molecule has 1 rings (SSSR count). The summed E-state index contributed by atoms with van der Waals surface area (Å²) in [6.45, 7) is 4.07. The molecule has 2 heteroatoms. The maximum Gasteiger partial charge on any atom is 0.122 e. The maximum atomic E-state index is 10.4. The summed E-state index contributed by atoms with van der Waals surface area (Å²) in [5.74, 6) is 1.09. The lowest BCUT2D eigenvalue weighted by molar-refractivity contribution is -0.108. The van der Waals surface area contributed by atoms with Crippen LogP contribution in [-0.4, -0.2) is 13.4 Å². The number of carbonyl (C=O) groups excluding carboxylic acids is 1. The van der Waals surface area contributed by atoms with E-state index in [0.29, 0.717) is 6.42 Å². The minimum Gasteiger partial charge on any atom is -0.496 e. The fourth-order valence-electron chi connectivity index (χ4n) is 1.51. The average Bonchev–Trinajstić information content (AvgIpc) is 2.18. The van der Waals surface area contributed by atoms with Crippen molar-refractivity contribution in [3.63, 3.8) is 0 Å². The number of rotatable bonds is 4. The molecule has 14 heavy (non-hydrogen) atoms. The summed E-state index contributed by atoms with van der Waals surface area (Å²) in [6, 6.07) is 6.04. The van der Waals surface area contributed by atoms with Gasteiger partial charge in [-0.25, -0.2) is 0 Å². The Bertz CT molecular complexity index is 318. The van der Waals surface area contributed by atoms with Crippen molar-refractivity contribution in [3.05, 3.63) is 29.3 Å². The highest BCUT2D eigenvalue weighted by atomic mass is 16.5. The highest BCUT2D eigenvalue weighted by Crippen LogP contribution is 2.28. The summed E-state index contributed by atoms with van der Waals surface area (Å²) in [4.78, 5) is 10.4. The number of methoxy groups -OCH3 is 1. The minimum absolute atomic E-state index is 0.224. The fourth-order valence-corrected chi connectivity index (χ4v) is 1.51. The molecule has 2 nitrogen and oxygen atoms in total. The SMILES string of the molecule is COc1ccc(C)cc1C(C)CC=O. The lowest BCUT2D eigenvalue weighted by Gasteiger charge is -2.13. The van der Waals surface area contributed by atoms with Gasteiger partial charge in [-0.2, -0.15) is 0 Å². The van der Waals surface area contributed by atoms with Gasteiger partial charge in [-0.3, -0.25) is 0 Å². The Hall–Kier alpha value is -1.31. The van der Waals surface area contributed by atoms with E-state index >= 15 is 0 Å². The molecule has 1 aromatic rings. The van der Waals surface area contributed by atoms with Crippen molar-refractivity contribution < 1.29 is 9.53 Å². The van der Waals surface area contributed by atoms with Gasteiger partial charge >= 0.3 is 0 Å². The van der Waals surface area contributed by atoms with Crippen molar-refractivity contribution in [2.45, 2.75) is 26.2 Å². The maximum absolute atomic E-state index is 10.4. The number of benzene rings is 1. The molecule has 0 fully saturated rings. The zero-order valence-corrected chi connectivity index (χ0v) is 8.91. The first-order valence-corrected chi connectivity index (χ1v) is 4.77. The van der Waals surface area contributed by atoms with E-state index in [0.717, 1.165) is 17.6 Å². The monoisotopic (exact) mass is 192 g/mol. The molecule has 0 N–H and O–H groups in total. The molecule has 0 saturated carbocycles. The van der Waals surface area contributed by atoms with Crippen LogP contribution in [0.2, 0.25) is 0 Å². The molecule has 0 aliphatic heterocycles. The molecule has 0 spiro atoms. The fraction of sp³-hybridized carbons (Fsp3) is 0.417. The highest BCUT2D eigenvalue weighted by molar-refractivity contribution is 5.53. The predicted octanol–water partition coefficient (Wildman–Crippen LogP) is 2.70. The predicted molar refractivity (Wildman–Crippen MR) is 56.8 cm³/mol. The second kappa shape index (κ2) is 4.80. The molecular weight excluding hydrogens is 176 g/mol. The molecule has 0 amide bonds. The number of hydrogen-bond donors (Lipinski definition) is 0. The molecule has 1 unspecified atom stereocenters. The first-order valence-electron chi connectivity index (χ1n) is 4.77. The molecular formula is C12H16O2. The Morgan fingerprint density at radius 2 is 2.21 bits per heavy atom. The molecule has 1 aromatic carbocycles. The number of aldehydes is 1.